The largest absolute Gasteiger partial charge is 0.480 e. The highest BCUT2D eigenvalue weighted by molar-refractivity contribution is 6.31. The highest BCUT2D eigenvalue weighted by Crippen LogP contribution is 2.16. The highest BCUT2D eigenvalue weighted by Gasteiger charge is 2.17. The maximum absolute atomic E-state index is 11.1. The normalized spacial score (nSPS) is 12.7. The fourth-order valence-electron chi connectivity index (χ4n) is 1.80. The fourth-order valence-corrected chi connectivity index (χ4v) is 1.92. The Balaban J connectivity index is 2.61. The summed E-state index contributed by atoms with van der Waals surface area (Å²) in [5.41, 5.74) is 2.05. The van der Waals surface area contributed by atoms with Crippen LogP contribution in [0.3, 0.4) is 0 Å². The van der Waals surface area contributed by atoms with E-state index in [2.05, 4.69) is 5.32 Å². The van der Waals surface area contributed by atoms with Crippen LogP contribution in [0.2, 0.25) is 5.02 Å². The van der Waals surface area contributed by atoms with Crippen molar-refractivity contribution in [2.45, 2.75) is 39.8 Å². The molecule has 1 unspecified atom stereocenters. The maximum atomic E-state index is 11.1. The molecule has 1 aromatic carbocycles. The molecule has 2 N–H and O–H groups in total. The third-order valence-electron chi connectivity index (χ3n) is 2.78. The molecule has 0 aliphatic heterocycles. The Labute approximate surface area is 113 Å². The van der Waals surface area contributed by atoms with E-state index in [1.807, 2.05) is 39.0 Å². The molecule has 0 aliphatic carbocycles. The van der Waals surface area contributed by atoms with Gasteiger partial charge in [0.25, 0.3) is 0 Å². The molecule has 0 bridgehead atoms. The van der Waals surface area contributed by atoms with Crippen molar-refractivity contribution in [2.24, 2.45) is 5.92 Å². The molecule has 1 aromatic rings. The first-order chi connectivity index (χ1) is 8.40. The molecule has 0 aromatic heterocycles. The Morgan fingerprint density at radius 2 is 2.11 bits per heavy atom. The summed E-state index contributed by atoms with van der Waals surface area (Å²) in [5, 5.41) is 12.9. The molecular formula is C14H20ClNO2. The van der Waals surface area contributed by atoms with Gasteiger partial charge >= 0.3 is 5.97 Å². The van der Waals surface area contributed by atoms with Crippen molar-refractivity contribution in [1.82, 2.24) is 5.32 Å². The number of aryl methyl sites for hydroxylation is 1. The molecule has 0 radical (unpaired) electrons. The predicted molar refractivity (Wildman–Crippen MR) is 73.9 cm³/mol. The average Bonchev–Trinajstić information content (AvgIpc) is 2.28. The van der Waals surface area contributed by atoms with Gasteiger partial charge in [0, 0.05) is 11.6 Å². The van der Waals surface area contributed by atoms with E-state index in [1.54, 1.807) is 0 Å². The first kappa shape index (κ1) is 15.0. The summed E-state index contributed by atoms with van der Waals surface area (Å²) in [5.74, 6) is -0.445. The van der Waals surface area contributed by atoms with E-state index in [4.69, 9.17) is 16.7 Å². The maximum Gasteiger partial charge on any atom is 0.320 e. The zero-order valence-corrected chi connectivity index (χ0v) is 11.8. The van der Waals surface area contributed by atoms with Gasteiger partial charge in [-0.2, -0.15) is 0 Å². The minimum absolute atomic E-state index is 0.352. The van der Waals surface area contributed by atoms with Crippen LogP contribution in [0.5, 0.6) is 0 Å². The topological polar surface area (TPSA) is 49.3 Å². The van der Waals surface area contributed by atoms with Crippen LogP contribution in [0.4, 0.5) is 0 Å². The first-order valence-electron chi connectivity index (χ1n) is 6.11. The van der Waals surface area contributed by atoms with E-state index < -0.39 is 12.0 Å². The van der Waals surface area contributed by atoms with Crippen LogP contribution in [0, 0.1) is 12.8 Å². The number of aliphatic carboxylic acids is 1. The van der Waals surface area contributed by atoms with Gasteiger partial charge in [-0.25, -0.2) is 0 Å². The number of halogens is 1. The second-order valence-electron chi connectivity index (χ2n) is 4.98. The fraction of sp³-hybridized carbons (Fsp3) is 0.500. The molecule has 1 atom stereocenters. The van der Waals surface area contributed by atoms with Crippen LogP contribution in [0.15, 0.2) is 18.2 Å². The minimum atomic E-state index is -0.797. The van der Waals surface area contributed by atoms with Crippen molar-refractivity contribution < 1.29 is 9.90 Å². The summed E-state index contributed by atoms with van der Waals surface area (Å²) in [7, 11) is 0. The molecule has 3 nitrogen and oxygen atoms in total. The second-order valence-corrected chi connectivity index (χ2v) is 5.39. The number of carbonyl (C=O) groups is 1. The van der Waals surface area contributed by atoms with Crippen molar-refractivity contribution in [2.75, 3.05) is 0 Å². The quantitative estimate of drug-likeness (QED) is 0.834. The monoisotopic (exact) mass is 269 g/mol. The van der Waals surface area contributed by atoms with Gasteiger partial charge in [0.1, 0.15) is 6.04 Å². The molecule has 0 saturated heterocycles. The lowest BCUT2D eigenvalue weighted by atomic mass is 10.0. The molecule has 1 rings (SSSR count). The smallest absolute Gasteiger partial charge is 0.320 e. The molecule has 0 heterocycles. The van der Waals surface area contributed by atoms with Crippen molar-refractivity contribution in [1.29, 1.82) is 0 Å². The van der Waals surface area contributed by atoms with E-state index in [0.717, 1.165) is 16.1 Å². The zero-order chi connectivity index (χ0) is 13.7. The van der Waals surface area contributed by atoms with Crippen LogP contribution in [-0.4, -0.2) is 17.1 Å². The Hall–Kier alpha value is -1.06. The molecule has 0 amide bonds. The van der Waals surface area contributed by atoms with E-state index in [-0.39, 0.29) is 0 Å². The lowest BCUT2D eigenvalue weighted by molar-refractivity contribution is -0.140. The number of hydrogen-bond acceptors (Lipinski definition) is 2. The van der Waals surface area contributed by atoms with Crippen LogP contribution in [0.25, 0.3) is 0 Å². The van der Waals surface area contributed by atoms with Crippen molar-refractivity contribution in [3.63, 3.8) is 0 Å². The minimum Gasteiger partial charge on any atom is -0.480 e. The van der Waals surface area contributed by atoms with Crippen LogP contribution in [-0.2, 0) is 11.3 Å². The lowest BCUT2D eigenvalue weighted by Crippen LogP contribution is -2.37. The molecule has 0 aliphatic rings. The number of carboxylic acid groups (broad SMARTS) is 1. The predicted octanol–water partition coefficient (Wildman–Crippen LogP) is 3.24. The van der Waals surface area contributed by atoms with Crippen molar-refractivity contribution in [3.8, 4) is 0 Å². The summed E-state index contributed by atoms with van der Waals surface area (Å²) < 4.78 is 0. The summed E-state index contributed by atoms with van der Waals surface area (Å²) in [6, 6.07) is 5.23. The number of nitrogens with one attached hydrogen (secondary N) is 1. The summed E-state index contributed by atoms with van der Waals surface area (Å²) in [4.78, 5) is 11.1. The summed E-state index contributed by atoms with van der Waals surface area (Å²) in [6.45, 7) is 6.52. The van der Waals surface area contributed by atoms with Gasteiger partial charge in [-0.1, -0.05) is 37.6 Å². The Kier molecular flexibility index (Phi) is 5.63. The van der Waals surface area contributed by atoms with Gasteiger partial charge in [-0.05, 0) is 36.5 Å². The molecule has 0 fully saturated rings. The molecule has 18 heavy (non-hydrogen) atoms. The van der Waals surface area contributed by atoms with Gasteiger partial charge in [-0.15, -0.1) is 0 Å². The highest BCUT2D eigenvalue weighted by atomic mass is 35.5. The number of hydrogen-bond donors (Lipinski definition) is 2. The molecule has 0 spiro atoms. The number of rotatable bonds is 6. The van der Waals surface area contributed by atoms with E-state index >= 15 is 0 Å². The average molecular weight is 270 g/mol. The first-order valence-corrected chi connectivity index (χ1v) is 6.49. The van der Waals surface area contributed by atoms with Gasteiger partial charge < -0.3 is 10.4 Å². The molecular weight excluding hydrogens is 250 g/mol. The Morgan fingerprint density at radius 1 is 1.44 bits per heavy atom. The summed E-state index contributed by atoms with van der Waals surface area (Å²) >= 11 is 5.95. The zero-order valence-electron chi connectivity index (χ0n) is 11.0. The van der Waals surface area contributed by atoms with Gasteiger partial charge in [0.05, 0.1) is 0 Å². The second kappa shape index (κ2) is 6.76. The number of benzene rings is 1. The third kappa shape index (κ3) is 4.67. The van der Waals surface area contributed by atoms with Crippen LogP contribution in [0.1, 0.15) is 31.4 Å². The molecule has 4 heteroatoms. The van der Waals surface area contributed by atoms with Gasteiger partial charge in [0.15, 0.2) is 0 Å². The van der Waals surface area contributed by atoms with Crippen molar-refractivity contribution in [3.05, 3.63) is 34.3 Å². The van der Waals surface area contributed by atoms with E-state index in [0.29, 0.717) is 18.9 Å². The molecule has 0 saturated carbocycles. The number of carboxylic acids is 1. The third-order valence-corrected chi connectivity index (χ3v) is 3.20. The standard InChI is InChI=1S/C14H20ClNO2/c1-9(2)6-13(14(17)18)16-8-11-4-5-12(15)10(3)7-11/h4-5,7,9,13,16H,6,8H2,1-3H3,(H,17,18). The SMILES string of the molecule is Cc1cc(CNC(CC(C)C)C(=O)O)ccc1Cl. The molecule has 100 valence electrons. The summed E-state index contributed by atoms with van der Waals surface area (Å²) in [6.07, 6.45) is 0.627. The van der Waals surface area contributed by atoms with Gasteiger partial charge in [-0.3, -0.25) is 4.79 Å². The van der Waals surface area contributed by atoms with Crippen molar-refractivity contribution >= 4 is 17.6 Å². The Bertz CT molecular complexity index is 418. The van der Waals surface area contributed by atoms with E-state index in [1.165, 1.54) is 0 Å². The van der Waals surface area contributed by atoms with Crippen LogP contribution < -0.4 is 5.32 Å². The van der Waals surface area contributed by atoms with Gasteiger partial charge in [0.2, 0.25) is 0 Å². The lowest BCUT2D eigenvalue weighted by Gasteiger charge is -2.16. The Morgan fingerprint density at radius 3 is 2.61 bits per heavy atom. The van der Waals surface area contributed by atoms with Crippen LogP contribution >= 0.6 is 11.6 Å². The van der Waals surface area contributed by atoms with E-state index in [9.17, 15) is 4.79 Å².